The van der Waals surface area contributed by atoms with E-state index in [1.54, 1.807) is 12.1 Å². The Morgan fingerprint density at radius 1 is 1.26 bits per heavy atom. The largest absolute Gasteiger partial charge is 0.478 e. The summed E-state index contributed by atoms with van der Waals surface area (Å²) in [5, 5.41) is 12.3. The molecule has 0 aliphatic heterocycles. The molecule has 0 bridgehead atoms. The van der Waals surface area contributed by atoms with Crippen molar-refractivity contribution in [1.29, 1.82) is 0 Å². The molecule has 0 heterocycles. The number of benzene rings is 2. The predicted molar refractivity (Wildman–Crippen MR) is 80.0 cm³/mol. The molecule has 0 saturated carbocycles. The van der Waals surface area contributed by atoms with Crippen molar-refractivity contribution in [1.82, 2.24) is 0 Å². The van der Waals surface area contributed by atoms with Gasteiger partial charge in [0.2, 0.25) is 0 Å². The lowest BCUT2D eigenvalue weighted by Gasteiger charge is -2.11. The molecule has 2 rings (SSSR count). The third-order valence-corrected chi connectivity index (χ3v) is 3.05. The lowest BCUT2D eigenvalue weighted by atomic mass is 10.1. The zero-order chi connectivity index (χ0) is 14.0. The molecule has 0 amide bonds. The summed E-state index contributed by atoms with van der Waals surface area (Å²) in [5.41, 5.74) is 8.59. The highest BCUT2D eigenvalue weighted by Gasteiger charge is 2.10. The number of hydrogen-bond acceptors (Lipinski definition) is 3. The number of carboxylic acid groups (broad SMARTS) is 1. The van der Waals surface area contributed by atoms with Crippen molar-refractivity contribution in [2.45, 2.75) is 6.92 Å². The minimum atomic E-state index is -1.01. The van der Waals surface area contributed by atoms with E-state index >= 15 is 0 Å². The van der Waals surface area contributed by atoms with Crippen LogP contribution in [0.3, 0.4) is 0 Å². The molecule has 0 spiro atoms. The van der Waals surface area contributed by atoms with Crippen LogP contribution in [0.5, 0.6) is 0 Å². The molecule has 0 atom stereocenters. The normalized spacial score (nSPS) is 10.2. The van der Waals surface area contributed by atoms with Crippen molar-refractivity contribution >= 4 is 39.0 Å². The fraction of sp³-hybridized carbons (Fsp3) is 0.0714. The Kier molecular flexibility index (Phi) is 3.76. The van der Waals surface area contributed by atoms with Crippen LogP contribution in [0.1, 0.15) is 15.9 Å². The maximum Gasteiger partial charge on any atom is 0.337 e. The lowest BCUT2D eigenvalue weighted by molar-refractivity contribution is 0.0698. The van der Waals surface area contributed by atoms with Crippen molar-refractivity contribution in [3.63, 3.8) is 0 Å². The topological polar surface area (TPSA) is 75.3 Å². The van der Waals surface area contributed by atoms with Gasteiger partial charge >= 0.3 is 5.97 Å². The Morgan fingerprint density at radius 3 is 2.63 bits per heavy atom. The van der Waals surface area contributed by atoms with Gasteiger partial charge in [-0.05, 0) is 48.9 Å². The highest BCUT2D eigenvalue weighted by atomic mass is 79.9. The van der Waals surface area contributed by atoms with Crippen molar-refractivity contribution in [3.05, 3.63) is 52.0 Å². The highest BCUT2D eigenvalue weighted by molar-refractivity contribution is 9.10. The van der Waals surface area contributed by atoms with Gasteiger partial charge in [0.25, 0.3) is 0 Å². The monoisotopic (exact) mass is 320 g/mol. The van der Waals surface area contributed by atoms with Crippen molar-refractivity contribution in [2.24, 2.45) is 0 Å². The summed E-state index contributed by atoms with van der Waals surface area (Å²) in [6.07, 6.45) is 0. The molecule has 5 heteroatoms. The number of nitrogen functional groups attached to an aromatic ring is 1. The second-order valence-corrected chi connectivity index (χ2v) is 5.17. The average Bonchev–Trinajstić information content (AvgIpc) is 2.30. The van der Waals surface area contributed by atoms with E-state index < -0.39 is 5.97 Å². The zero-order valence-electron chi connectivity index (χ0n) is 10.3. The van der Waals surface area contributed by atoms with E-state index in [2.05, 4.69) is 21.2 Å². The quantitative estimate of drug-likeness (QED) is 0.752. The molecule has 0 fully saturated rings. The number of carbonyl (C=O) groups is 1. The molecule has 0 saturated heterocycles. The SMILES string of the molecule is Cc1cc(Br)cc(Nc2ccc(N)cc2C(=O)O)c1. The number of nitrogens with one attached hydrogen (secondary N) is 1. The Balaban J connectivity index is 2.40. The molecule has 2 aromatic carbocycles. The fourth-order valence-corrected chi connectivity index (χ4v) is 2.42. The summed E-state index contributed by atoms with van der Waals surface area (Å²) in [5.74, 6) is -1.01. The van der Waals surface area contributed by atoms with Gasteiger partial charge in [-0.15, -0.1) is 0 Å². The highest BCUT2D eigenvalue weighted by Crippen LogP contribution is 2.26. The summed E-state index contributed by atoms with van der Waals surface area (Å²) in [7, 11) is 0. The first-order valence-electron chi connectivity index (χ1n) is 5.63. The summed E-state index contributed by atoms with van der Waals surface area (Å²) in [6, 6.07) is 10.6. The fourth-order valence-electron chi connectivity index (χ4n) is 1.81. The van der Waals surface area contributed by atoms with E-state index in [9.17, 15) is 9.90 Å². The molecule has 0 aliphatic rings. The van der Waals surface area contributed by atoms with E-state index in [-0.39, 0.29) is 5.56 Å². The number of nitrogens with two attached hydrogens (primary N) is 1. The molecule has 0 aliphatic carbocycles. The van der Waals surface area contributed by atoms with Crippen LogP contribution in [-0.2, 0) is 0 Å². The second kappa shape index (κ2) is 5.32. The van der Waals surface area contributed by atoms with Gasteiger partial charge in [0.1, 0.15) is 0 Å². The molecule has 0 unspecified atom stereocenters. The van der Waals surface area contributed by atoms with E-state index in [0.717, 1.165) is 15.7 Å². The zero-order valence-corrected chi connectivity index (χ0v) is 11.9. The van der Waals surface area contributed by atoms with Gasteiger partial charge in [0.05, 0.1) is 11.3 Å². The van der Waals surface area contributed by atoms with Crippen LogP contribution >= 0.6 is 15.9 Å². The number of aromatic carboxylic acids is 1. The minimum absolute atomic E-state index is 0.151. The Morgan fingerprint density at radius 2 is 2.00 bits per heavy atom. The number of anilines is 3. The lowest BCUT2D eigenvalue weighted by Crippen LogP contribution is -2.04. The van der Waals surface area contributed by atoms with E-state index in [1.807, 2.05) is 25.1 Å². The second-order valence-electron chi connectivity index (χ2n) is 4.25. The van der Waals surface area contributed by atoms with E-state index in [0.29, 0.717) is 11.4 Å². The van der Waals surface area contributed by atoms with Gasteiger partial charge in [-0.1, -0.05) is 15.9 Å². The summed E-state index contributed by atoms with van der Waals surface area (Å²) in [4.78, 5) is 11.2. The van der Waals surface area contributed by atoms with Gasteiger partial charge in [0, 0.05) is 15.8 Å². The number of hydrogen-bond donors (Lipinski definition) is 3. The smallest absolute Gasteiger partial charge is 0.337 e. The van der Waals surface area contributed by atoms with Gasteiger partial charge in [-0.2, -0.15) is 0 Å². The predicted octanol–water partition coefficient (Wildman–Crippen LogP) is 3.78. The summed E-state index contributed by atoms with van der Waals surface area (Å²) >= 11 is 3.41. The van der Waals surface area contributed by atoms with Crippen LogP contribution in [0.25, 0.3) is 0 Å². The number of carboxylic acids is 1. The van der Waals surface area contributed by atoms with Crippen LogP contribution in [-0.4, -0.2) is 11.1 Å². The van der Waals surface area contributed by atoms with Gasteiger partial charge in [-0.25, -0.2) is 4.79 Å². The van der Waals surface area contributed by atoms with Gasteiger partial charge < -0.3 is 16.2 Å². The first kappa shape index (κ1) is 13.4. The van der Waals surface area contributed by atoms with Crippen LogP contribution < -0.4 is 11.1 Å². The third-order valence-electron chi connectivity index (χ3n) is 2.60. The first-order chi connectivity index (χ1) is 8.95. The standard InChI is InChI=1S/C14H13BrN2O2/c1-8-4-9(15)6-11(5-8)17-13-3-2-10(16)7-12(13)14(18)19/h2-7,17H,16H2,1H3,(H,18,19). The molecule has 0 radical (unpaired) electrons. The van der Waals surface area contributed by atoms with Crippen LogP contribution in [0.15, 0.2) is 40.9 Å². The Bertz CT molecular complexity index is 621. The van der Waals surface area contributed by atoms with E-state index in [4.69, 9.17) is 5.73 Å². The summed E-state index contributed by atoms with van der Waals surface area (Å²) < 4.78 is 0.933. The molecule has 2 aromatic rings. The minimum Gasteiger partial charge on any atom is -0.478 e. The molecule has 19 heavy (non-hydrogen) atoms. The van der Waals surface area contributed by atoms with Crippen LogP contribution in [0, 0.1) is 6.92 Å². The maximum atomic E-state index is 11.2. The van der Waals surface area contributed by atoms with Crippen molar-refractivity contribution < 1.29 is 9.90 Å². The third kappa shape index (κ3) is 3.26. The number of rotatable bonds is 3. The maximum absolute atomic E-state index is 11.2. The molecule has 0 aromatic heterocycles. The van der Waals surface area contributed by atoms with Crippen LogP contribution in [0.2, 0.25) is 0 Å². The average molecular weight is 321 g/mol. The molecule has 98 valence electrons. The molecule has 4 N–H and O–H groups in total. The Labute approximate surface area is 119 Å². The first-order valence-corrected chi connectivity index (χ1v) is 6.42. The number of aryl methyl sites for hydroxylation is 1. The van der Waals surface area contributed by atoms with Crippen molar-refractivity contribution in [2.75, 3.05) is 11.1 Å². The van der Waals surface area contributed by atoms with Crippen molar-refractivity contribution in [3.8, 4) is 0 Å². The van der Waals surface area contributed by atoms with E-state index in [1.165, 1.54) is 6.07 Å². The van der Waals surface area contributed by atoms with Gasteiger partial charge in [-0.3, -0.25) is 0 Å². The van der Waals surface area contributed by atoms with Crippen LogP contribution in [0.4, 0.5) is 17.1 Å². The molecule has 4 nitrogen and oxygen atoms in total. The Hall–Kier alpha value is -2.01. The molecular formula is C14H13BrN2O2. The summed E-state index contributed by atoms with van der Waals surface area (Å²) in [6.45, 7) is 1.97. The number of halogens is 1. The van der Waals surface area contributed by atoms with Gasteiger partial charge in [0.15, 0.2) is 0 Å². The molecular weight excluding hydrogens is 308 g/mol.